The molecule has 7 nitrogen and oxygen atoms in total. The van der Waals surface area contributed by atoms with Gasteiger partial charge in [-0.05, 0) is 61.4 Å². The minimum absolute atomic E-state index is 0.173. The number of hydrogen-bond acceptors (Lipinski definition) is 6. The van der Waals surface area contributed by atoms with Crippen LogP contribution in [0, 0.1) is 0 Å². The molecule has 1 heterocycles. The maximum Gasteiger partial charge on any atom is 0.338 e. The highest BCUT2D eigenvalue weighted by atomic mass is 16.6. The van der Waals surface area contributed by atoms with Crippen LogP contribution >= 0.6 is 0 Å². The van der Waals surface area contributed by atoms with Gasteiger partial charge in [-0.25, -0.2) is 4.79 Å². The molecule has 0 bridgehead atoms. The van der Waals surface area contributed by atoms with Crippen molar-refractivity contribution >= 4 is 11.9 Å². The van der Waals surface area contributed by atoms with Gasteiger partial charge in [0.15, 0.2) is 18.1 Å². The number of nitrogens with one attached hydrogen (secondary N) is 1. The summed E-state index contributed by atoms with van der Waals surface area (Å²) in [5, 5.41) is 2.90. The van der Waals surface area contributed by atoms with E-state index in [4.69, 9.17) is 18.9 Å². The van der Waals surface area contributed by atoms with Gasteiger partial charge in [-0.1, -0.05) is 18.2 Å². The Hall–Kier alpha value is -3.22. The number of carbonyl (C=O) groups is 2. The smallest absolute Gasteiger partial charge is 0.338 e. The normalized spacial score (nSPS) is 15.4. The van der Waals surface area contributed by atoms with Gasteiger partial charge < -0.3 is 24.3 Å². The number of hydrogen-bond donors (Lipinski definition) is 1. The Morgan fingerprint density at radius 2 is 1.84 bits per heavy atom. The van der Waals surface area contributed by atoms with E-state index in [2.05, 4.69) is 23.5 Å². The van der Waals surface area contributed by atoms with Crippen LogP contribution in [0.25, 0.3) is 0 Å². The molecule has 0 unspecified atom stereocenters. The molecular weight excluding hydrogens is 398 g/mol. The summed E-state index contributed by atoms with van der Waals surface area (Å²) >= 11 is 0. The predicted molar refractivity (Wildman–Crippen MR) is 114 cm³/mol. The number of methoxy groups -OCH3 is 1. The molecule has 0 saturated carbocycles. The van der Waals surface area contributed by atoms with E-state index >= 15 is 0 Å². The molecule has 0 aromatic heterocycles. The summed E-state index contributed by atoms with van der Waals surface area (Å²) in [6.07, 6.45) is 4.65. The van der Waals surface area contributed by atoms with Crippen LogP contribution in [0.2, 0.25) is 0 Å². The molecule has 1 N–H and O–H groups in total. The standard InChI is InChI=1S/C24H27NO6/c1-15(17-8-7-16-5-3-4-6-18(16)11-17)25-22(26)14-31-24(27)19-12-20(28-2)23-21(13-19)29-9-10-30-23/h7-8,11-13,15H,3-6,9-10,14H2,1-2H3,(H,25,26)/t15-/m1/s1. The van der Waals surface area contributed by atoms with Gasteiger partial charge in [-0.3, -0.25) is 4.79 Å². The van der Waals surface area contributed by atoms with Crippen molar-refractivity contribution < 1.29 is 28.5 Å². The summed E-state index contributed by atoms with van der Waals surface area (Å²) in [6, 6.07) is 9.26. The van der Waals surface area contributed by atoms with Crippen molar-refractivity contribution in [2.45, 2.75) is 38.6 Å². The van der Waals surface area contributed by atoms with Crippen molar-refractivity contribution in [2.75, 3.05) is 26.9 Å². The fourth-order valence-corrected chi connectivity index (χ4v) is 3.99. The SMILES string of the molecule is COc1cc(C(=O)OCC(=O)N[C@H](C)c2ccc3c(c2)CCCC3)cc2c1OCCO2. The van der Waals surface area contributed by atoms with Gasteiger partial charge in [0.2, 0.25) is 5.75 Å². The molecule has 2 aromatic rings. The summed E-state index contributed by atoms with van der Waals surface area (Å²) in [7, 11) is 1.48. The Balaban J connectivity index is 1.35. The first-order valence-corrected chi connectivity index (χ1v) is 10.6. The molecular formula is C24H27NO6. The lowest BCUT2D eigenvalue weighted by Crippen LogP contribution is -2.31. The molecule has 0 spiro atoms. The molecule has 0 radical (unpaired) electrons. The fourth-order valence-electron chi connectivity index (χ4n) is 3.99. The maximum atomic E-state index is 12.5. The minimum Gasteiger partial charge on any atom is -0.493 e. The number of aryl methyl sites for hydroxylation is 2. The van der Waals surface area contributed by atoms with Crippen molar-refractivity contribution in [1.82, 2.24) is 5.32 Å². The average molecular weight is 425 g/mol. The second-order valence-electron chi connectivity index (χ2n) is 7.80. The summed E-state index contributed by atoms with van der Waals surface area (Å²) in [5.74, 6) is 0.273. The Labute approximate surface area is 181 Å². The molecule has 2 aromatic carbocycles. The van der Waals surface area contributed by atoms with Crippen LogP contribution in [0.15, 0.2) is 30.3 Å². The van der Waals surface area contributed by atoms with E-state index in [9.17, 15) is 9.59 Å². The van der Waals surface area contributed by atoms with E-state index in [1.54, 1.807) is 0 Å². The number of amides is 1. The lowest BCUT2D eigenvalue weighted by molar-refractivity contribution is -0.124. The van der Waals surface area contributed by atoms with Crippen LogP contribution in [0.3, 0.4) is 0 Å². The van der Waals surface area contributed by atoms with Gasteiger partial charge in [-0.2, -0.15) is 0 Å². The first-order valence-electron chi connectivity index (χ1n) is 10.6. The molecule has 7 heteroatoms. The van der Waals surface area contributed by atoms with Gasteiger partial charge in [-0.15, -0.1) is 0 Å². The minimum atomic E-state index is -0.633. The predicted octanol–water partition coefficient (Wildman–Crippen LogP) is 3.38. The third-order valence-electron chi connectivity index (χ3n) is 5.65. The van der Waals surface area contributed by atoms with Crippen LogP contribution < -0.4 is 19.5 Å². The summed E-state index contributed by atoms with van der Waals surface area (Å²) in [6.45, 7) is 2.36. The molecule has 2 aliphatic rings. The van der Waals surface area contributed by atoms with Gasteiger partial charge in [0.25, 0.3) is 5.91 Å². The van der Waals surface area contributed by atoms with Crippen molar-refractivity contribution in [1.29, 1.82) is 0 Å². The van der Waals surface area contributed by atoms with Crippen molar-refractivity contribution in [2.24, 2.45) is 0 Å². The molecule has 1 aliphatic heterocycles. The van der Waals surface area contributed by atoms with Crippen molar-refractivity contribution in [3.8, 4) is 17.2 Å². The zero-order valence-corrected chi connectivity index (χ0v) is 17.9. The molecule has 1 atom stereocenters. The quantitative estimate of drug-likeness (QED) is 0.715. The van der Waals surface area contributed by atoms with E-state index in [-0.39, 0.29) is 24.1 Å². The summed E-state index contributed by atoms with van der Waals surface area (Å²) in [4.78, 5) is 24.8. The van der Waals surface area contributed by atoms with Crippen molar-refractivity contribution in [3.05, 3.63) is 52.6 Å². The summed E-state index contributed by atoms with van der Waals surface area (Å²) in [5.41, 5.74) is 4.05. The zero-order chi connectivity index (χ0) is 21.8. The third kappa shape index (κ3) is 4.76. The maximum absolute atomic E-state index is 12.5. The number of esters is 1. The molecule has 1 aliphatic carbocycles. The summed E-state index contributed by atoms with van der Waals surface area (Å²) < 4.78 is 21.5. The Morgan fingerprint density at radius 3 is 2.65 bits per heavy atom. The number of rotatable bonds is 6. The average Bonchev–Trinajstić information content (AvgIpc) is 2.81. The van der Waals surface area contributed by atoms with Gasteiger partial charge in [0.05, 0.1) is 18.7 Å². The lowest BCUT2D eigenvalue weighted by atomic mass is 9.89. The van der Waals surface area contributed by atoms with E-state index in [1.165, 1.54) is 43.2 Å². The van der Waals surface area contributed by atoms with Gasteiger partial charge in [0, 0.05) is 0 Å². The molecule has 0 saturated heterocycles. The lowest BCUT2D eigenvalue weighted by Gasteiger charge is -2.21. The molecule has 1 amide bonds. The van der Waals surface area contributed by atoms with E-state index in [0.29, 0.717) is 30.5 Å². The van der Waals surface area contributed by atoms with Gasteiger partial charge in [0.1, 0.15) is 13.2 Å². The highest BCUT2D eigenvalue weighted by molar-refractivity contribution is 5.93. The Kier molecular flexibility index (Phi) is 6.30. The second kappa shape index (κ2) is 9.29. The van der Waals surface area contributed by atoms with Crippen LogP contribution in [0.4, 0.5) is 0 Å². The Morgan fingerprint density at radius 1 is 1.06 bits per heavy atom. The zero-order valence-electron chi connectivity index (χ0n) is 17.9. The Bertz CT molecular complexity index is 969. The first-order chi connectivity index (χ1) is 15.0. The largest absolute Gasteiger partial charge is 0.493 e. The third-order valence-corrected chi connectivity index (χ3v) is 5.65. The number of carbonyl (C=O) groups excluding carboxylic acids is 2. The van der Waals surface area contributed by atoms with Crippen LogP contribution in [-0.4, -0.2) is 38.8 Å². The van der Waals surface area contributed by atoms with E-state index in [0.717, 1.165) is 18.4 Å². The second-order valence-corrected chi connectivity index (χ2v) is 7.80. The van der Waals surface area contributed by atoms with Gasteiger partial charge >= 0.3 is 5.97 Å². The molecule has 31 heavy (non-hydrogen) atoms. The van der Waals surface area contributed by atoms with Crippen molar-refractivity contribution in [3.63, 3.8) is 0 Å². The van der Waals surface area contributed by atoms with Crippen LogP contribution in [-0.2, 0) is 22.4 Å². The van der Waals surface area contributed by atoms with E-state index in [1.807, 2.05) is 6.92 Å². The van der Waals surface area contributed by atoms with E-state index < -0.39 is 5.97 Å². The molecule has 0 fully saturated rings. The molecule has 164 valence electrons. The number of fused-ring (bicyclic) bond motifs is 2. The topological polar surface area (TPSA) is 83.1 Å². The highest BCUT2D eigenvalue weighted by Crippen LogP contribution is 2.40. The fraction of sp³-hybridized carbons (Fsp3) is 0.417. The first kappa shape index (κ1) is 21.0. The number of benzene rings is 2. The highest BCUT2D eigenvalue weighted by Gasteiger charge is 2.22. The van der Waals surface area contributed by atoms with Crippen LogP contribution in [0.1, 0.15) is 52.9 Å². The van der Waals surface area contributed by atoms with Crippen LogP contribution in [0.5, 0.6) is 17.2 Å². The molecule has 4 rings (SSSR count). The number of ether oxygens (including phenoxy) is 4. The monoisotopic (exact) mass is 425 g/mol.